The van der Waals surface area contributed by atoms with Crippen LogP contribution in [0.25, 0.3) is 0 Å². The Morgan fingerprint density at radius 1 is 1.47 bits per heavy atom. The lowest BCUT2D eigenvalue weighted by Gasteiger charge is -2.29. The van der Waals surface area contributed by atoms with Crippen LogP contribution in [-0.2, 0) is 4.74 Å². The Kier molecular flexibility index (Phi) is 5.13. The number of pyridine rings is 1. The molecule has 1 aliphatic rings. The summed E-state index contributed by atoms with van der Waals surface area (Å²) in [5.41, 5.74) is 0. The Balaban J connectivity index is 1.96. The molecule has 0 fully saturated rings. The Hall–Kier alpha value is -1.17. The molecule has 0 saturated carbocycles. The van der Waals surface area contributed by atoms with Gasteiger partial charge in [-0.05, 0) is 40.9 Å². The monoisotopic (exact) mass is 324 g/mol. The second-order valence-electron chi connectivity index (χ2n) is 4.37. The van der Waals surface area contributed by atoms with Crippen LogP contribution >= 0.6 is 15.9 Å². The van der Waals surface area contributed by atoms with Crippen molar-refractivity contribution in [3.63, 3.8) is 0 Å². The van der Waals surface area contributed by atoms with Gasteiger partial charge in [0.2, 0.25) is 0 Å². The highest BCUT2D eigenvalue weighted by molar-refractivity contribution is 9.10. The minimum atomic E-state index is -0.0581. The lowest BCUT2D eigenvalue weighted by Crippen LogP contribution is -2.34. The van der Waals surface area contributed by atoms with Gasteiger partial charge in [-0.3, -0.25) is 5.21 Å². The van der Waals surface area contributed by atoms with Crippen molar-refractivity contribution in [2.45, 2.75) is 25.0 Å². The van der Waals surface area contributed by atoms with Crippen molar-refractivity contribution in [3.05, 3.63) is 47.6 Å². The molecule has 0 spiro atoms. The van der Waals surface area contributed by atoms with Crippen LogP contribution in [0.15, 0.2) is 47.6 Å². The largest absolute Gasteiger partial charge is 0.370 e. The number of rotatable bonds is 5. The zero-order valence-electron chi connectivity index (χ0n) is 10.6. The Labute approximate surface area is 121 Å². The van der Waals surface area contributed by atoms with Gasteiger partial charge < -0.3 is 4.74 Å². The molecule has 4 nitrogen and oxygen atoms in total. The Morgan fingerprint density at radius 2 is 2.32 bits per heavy atom. The fourth-order valence-electron chi connectivity index (χ4n) is 1.99. The van der Waals surface area contributed by atoms with Gasteiger partial charge in [0.25, 0.3) is 0 Å². The SMILES string of the molecule is C=CCO[C@H]1C=C[C@H](N(O)c2ccc(Br)cn2)CC1. The number of hydrogen-bond acceptors (Lipinski definition) is 4. The molecule has 2 rings (SSSR count). The van der Waals surface area contributed by atoms with E-state index in [2.05, 4.69) is 27.5 Å². The van der Waals surface area contributed by atoms with Crippen LogP contribution in [0.2, 0.25) is 0 Å². The molecule has 0 aromatic carbocycles. The van der Waals surface area contributed by atoms with Crippen LogP contribution < -0.4 is 5.06 Å². The van der Waals surface area contributed by atoms with E-state index in [0.717, 1.165) is 17.3 Å². The average Bonchev–Trinajstić information content (AvgIpc) is 2.46. The molecule has 0 unspecified atom stereocenters. The van der Waals surface area contributed by atoms with Gasteiger partial charge in [0.15, 0.2) is 5.82 Å². The van der Waals surface area contributed by atoms with E-state index in [9.17, 15) is 5.21 Å². The first kappa shape index (κ1) is 14.2. The minimum absolute atomic E-state index is 0.0581. The number of ether oxygens (including phenoxy) is 1. The molecule has 1 aliphatic carbocycles. The van der Waals surface area contributed by atoms with Crippen LogP contribution in [0.4, 0.5) is 5.82 Å². The summed E-state index contributed by atoms with van der Waals surface area (Å²) < 4.78 is 6.45. The zero-order valence-corrected chi connectivity index (χ0v) is 12.2. The molecular weight excluding hydrogens is 308 g/mol. The van der Waals surface area contributed by atoms with Crippen LogP contribution in [0.5, 0.6) is 0 Å². The molecule has 0 radical (unpaired) electrons. The lowest BCUT2D eigenvalue weighted by atomic mass is 10.00. The summed E-state index contributed by atoms with van der Waals surface area (Å²) in [4.78, 5) is 4.17. The molecule has 0 amide bonds. The minimum Gasteiger partial charge on any atom is -0.370 e. The summed E-state index contributed by atoms with van der Waals surface area (Å²) in [5.74, 6) is 0.545. The molecule has 0 saturated heterocycles. The second kappa shape index (κ2) is 6.84. The molecule has 19 heavy (non-hydrogen) atoms. The summed E-state index contributed by atoms with van der Waals surface area (Å²) in [5, 5.41) is 11.3. The third kappa shape index (κ3) is 3.89. The maximum atomic E-state index is 10.1. The smallest absolute Gasteiger partial charge is 0.152 e. The van der Waals surface area contributed by atoms with Crippen molar-refractivity contribution in [1.82, 2.24) is 4.98 Å². The van der Waals surface area contributed by atoms with Gasteiger partial charge in [-0.25, -0.2) is 10.0 Å². The highest BCUT2D eigenvalue weighted by Crippen LogP contribution is 2.22. The van der Waals surface area contributed by atoms with Crippen molar-refractivity contribution < 1.29 is 9.94 Å². The van der Waals surface area contributed by atoms with E-state index in [0.29, 0.717) is 12.4 Å². The summed E-state index contributed by atoms with van der Waals surface area (Å²) in [6.45, 7) is 4.18. The molecule has 1 aromatic heterocycles. The van der Waals surface area contributed by atoms with Gasteiger partial charge in [0.05, 0.1) is 18.8 Å². The quantitative estimate of drug-likeness (QED) is 0.666. The molecule has 102 valence electrons. The first-order chi connectivity index (χ1) is 9.20. The molecule has 1 heterocycles. The molecule has 0 aliphatic heterocycles. The Bertz CT molecular complexity index is 447. The number of hydrogen-bond donors (Lipinski definition) is 1. The van der Waals surface area contributed by atoms with Gasteiger partial charge in [-0.15, -0.1) is 6.58 Å². The van der Waals surface area contributed by atoms with E-state index < -0.39 is 0 Å². The van der Waals surface area contributed by atoms with E-state index in [1.54, 1.807) is 18.3 Å². The van der Waals surface area contributed by atoms with E-state index in [1.807, 2.05) is 18.2 Å². The lowest BCUT2D eigenvalue weighted by molar-refractivity contribution is 0.0914. The predicted molar refractivity (Wildman–Crippen MR) is 78.3 cm³/mol. The van der Waals surface area contributed by atoms with E-state index >= 15 is 0 Å². The van der Waals surface area contributed by atoms with Crippen LogP contribution in [0.3, 0.4) is 0 Å². The first-order valence-electron chi connectivity index (χ1n) is 6.21. The molecule has 1 aromatic rings. The van der Waals surface area contributed by atoms with E-state index in [4.69, 9.17) is 4.74 Å². The standard InChI is InChI=1S/C14H17BrN2O2/c1-2-9-19-13-6-4-12(5-7-13)17(18)14-8-3-11(15)10-16-14/h2-4,6,8,10,12-13,18H,1,5,7,9H2/t12-,13-/m0/s1. The van der Waals surface area contributed by atoms with Crippen molar-refractivity contribution in [3.8, 4) is 0 Å². The van der Waals surface area contributed by atoms with Crippen LogP contribution in [-0.4, -0.2) is 28.9 Å². The molecule has 2 atom stereocenters. The van der Waals surface area contributed by atoms with Crippen molar-refractivity contribution >= 4 is 21.7 Å². The Morgan fingerprint density at radius 3 is 2.89 bits per heavy atom. The number of aromatic nitrogens is 1. The molecule has 0 bridgehead atoms. The predicted octanol–water partition coefficient (Wildman–Crippen LogP) is 3.33. The maximum Gasteiger partial charge on any atom is 0.152 e. The zero-order chi connectivity index (χ0) is 13.7. The van der Waals surface area contributed by atoms with Gasteiger partial charge in [-0.2, -0.15) is 0 Å². The van der Waals surface area contributed by atoms with Crippen molar-refractivity contribution in [2.24, 2.45) is 0 Å². The molecule has 1 N–H and O–H groups in total. The summed E-state index contributed by atoms with van der Waals surface area (Å²) in [6, 6.07) is 3.57. The van der Waals surface area contributed by atoms with Gasteiger partial charge in [-0.1, -0.05) is 18.2 Å². The third-order valence-electron chi connectivity index (χ3n) is 2.98. The van der Waals surface area contributed by atoms with Crippen LogP contribution in [0, 0.1) is 0 Å². The highest BCUT2D eigenvalue weighted by Gasteiger charge is 2.21. The van der Waals surface area contributed by atoms with Crippen molar-refractivity contribution in [2.75, 3.05) is 11.7 Å². The number of nitrogens with zero attached hydrogens (tertiary/aromatic N) is 2. The van der Waals surface area contributed by atoms with Crippen LogP contribution in [0.1, 0.15) is 12.8 Å². The first-order valence-corrected chi connectivity index (χ1v) is 7.00. The van der Waals surface area contributed by atoms with E-state index in [-0.39, 0.29) is 12.1 Å². The second-order valence-corrected chi connectivity index (χ2v) is 5.28. The number of anilines is 1. The maximum absolute atomic E-state index is 10.1. The van der Waals surface area contributed by atoms with Gasteiger partial charge >= 0.3 is 0 Å². The highest BCUT2D eigenvalue weighted by atomic mass is 79.9. The fraction of sp³-hybridized carbons (Fsp3) is 0.357. The summed E-state index contributed by atoms with van der Waals surface area (Å²) in [6.07, 6.45) is 9.17. The van der Waals surface area contributed by atoms with Crippen molar-refractivity contribution in [1.29, 1.82) is 0 Å². The fourth-order valence-corrected chi connectivity index (χ4v) is 2.22. The summed E-state index contributed by atoms with van der Waals surface area (Å²) in [7, 11) is 0. The summed E-state index contributed by atoms with van der Waals surface area (Å²) >= 11 is 3.32. The number of hydroxylamine groups is 1. The topological polar surface area (TPSA) is 45.6 Å². The van der Waals surface area contributed by atoms with E-state index in [1.165, 1.54) is 5.06 Å². The number of halogens is 1. The average molecular weight is 325 g/mol. The third-order valence-corrected chi connectivity index (χ3v) is 3.45. The van der Waals surface area contributed by atoms with Gasteiger partial charge in [0.1, 0.15) is 0 Å². The van der Waals surface area contributed by atoms with Gasteiger partial charge in [0, 0.05) is 10.7 Å². The molecule has 5 heteroatoms. The normalized spacial score (nSPS) is 22.2. The molecular formula is C14H17BrN2O2.